The first-order chi connectivity index (χ1) is 13.9. The van der Waals surface area contributed by atoms with Gasteiger partial charge in [-0.2, -0.15) is 0 Å². The molecule has 1 aliphatic heterocycles. The SMILES string of the molecule is CCC[C@@]1(C(=O)NNc2ccc(OC)cc2C)COC(C)(C)N1C(=O)OC(C)(C)C. The molecule has 8 heteroatoms. The number of carbonyl (C=O) groups excluding carboxylic acids is 2. The number of benzene rings is 1. The minimum atomic E-state index is -1.19. The van der Waals surface area contributed by atoms with E-state index in [2.05, 4.69) is 10.9 Å². The van der Waals surface area contributed by atoms with Crippen LogP contribution in [0.5, 0.6) is 5.75 Å². The van der Waals surface area contributed by atoms with Crippen LogP contribution in [-0.2, 0) is 14.3 Å². The van der Waals surface area contributed by atoms with Crippen molar-refractivity contribution >= 4 is 17.7 Å². The van der Waals surface area contributed by atoms with Crippen LogP contribution in [0.15, 0.2) is 18.2 Å². The Labute approximate surface area is 179 Å². The van der Waals surface area contributed by atoms with E-state index in [-0.39, 0.29) is 12.5 Å². The van der Waals surface area contributed by atoms with Crippen molar-refractivity contribution in [1.29, 1.82) is 0 Å². The second-order valence-corrected chi connectivity index (χ2v) is 9.09. The third-order valence-corrected chi connectivity index (χ3v) is 5.04. The number of anilines is 1. The third kappa shape index (κ3) is 4.98. The standard InChI is InChI=1S/C22H35N3O5/c1-9-12-22(14-29-21(6,7)25(22)19(27)30-20(3,4)5)18(26)24-23-17-11-10-16(28-8)13-15(17)2/h10-11,13,23H,9,12,14H2,1-8H3,(H,24,26)/t22-/m0/s1. The lowest BCUT2D eigenvalue weighted by Gasteiger charge is -2.41. The molecule has 1 saturated heterocycles. The number of methoxy groups -OCH3 is 1. The highest BCUT2D eigenvalue weighted by molar-refractivity contribution is 5.92. The molecule has 8 nitrogen and oxygen atoms in total. The third-order valence-electron chi connectivity index (χ3n) is 5.04. The largest absolute Gasteiger partial charge is 0.497 e. The molecule has 2 N–H and O–H groups in total. The summed E-state index contributed by atoms with van der Waals surface area (Å²) in [6, 6.07) is 5.49. The van der Waals surface area contributed by atoms with Gasteiger partial charge < -0.3 is 14.2 Å². The minimum Gasteiger partial charge on any atom is -0.497 e. The van der Waals surface area contributed by atoms with Crippen molar-refractivity contribution in [3.05, 3.63) is 23.8 Å². The maximum Gasteiger partial charge on any atom is 0.413 e. The Balaban J connectivity index is 2.29. The van der Waals surface area contributed by atoms with Gasteiger partial charge in [-0.15, -0.1) is 0 Å². The topological polar surface area (TPSA) is 89.1 Å². The number of nitrogens with one attached hydrogen (secondary N) is 2. The van der Waals surface area contributed by atoms with Crippen LogP contribution in [0.3, 0.4) is 0 Å². The van der Waals surface area contributed by atoms with Crippen molar-refractivity contribution in [1.82, 2.24) is 10.3 Å². The molecule has 1 aliphatic rings. The van der Waals surface area contributed by atoms with Gasteiger partial charge in [0.25, 0.3) is 5.91 Å². The van der Waals surface area contributed by atoms with E-state index >= 15 is 0 Å². The highest BCUT2D eigenvalue weighted by Crippen LogP contribution is 2.39. The average molecular weight is 422 g/mol. The second-order valence-electron chi connectivity index (χ2n) is 9.09. The van der Waals surface area contributed by atoms with E-state index in [4.69, 9.17) is 14.2 Å². The lowest BCUT2D eigenvalue weighted by Crippen LogP contribution is -2.64. The van der Waals surface area contributed by atoms with Gasteiger partial charge in [0.1, 0.15) is 17.1 Å². The van der Waals surface area contributed by atoms with Gasteiger partial charge >= 0.3 is 6.09 Å². The van der Waals surface area contributed by atoms with Gasteiger partial charge in [0.2, 0.25) is 0 Å². The molecule has 0 aliphatic carbocycles. The maximum atomic E-state index is 13.4. The van der Waals surface area contributed by atoms with Crippen LogP contribution in [0.25, 0.3) is 0 Å². The molecular formula is C22H35N3O5. The van der Waals surface area contributed by atoms with E-state index in [1.165, 1.54) is 4.90 Å². The summed E-state index contributed by atoms with van der Waals surface area (Å²) in [5, 5.41) is 0. The Morgan fingerprint density at radius 1 is 1.27 bits per heavy atom. The lowest BCUT2D eigenvalue weighted by atomic mass is 9.91. The molecule has 0 spiro atoms. The molecule has 0 bridgehead atoms. The van der Waals surface area contributed by atoms with Crippen LogP contribution in [-0.4, -0.2) is 47.5 Å². The molecule has 1 aromatic rings. The van der Waals surface area contributed by atoms with E-state index in [9.17, 15) is 9.59 Å². The fourth-order valence-corrected chi connectivity index (χ4v) is 3.66. The first-order valence-electron chi connectivity index (χ1n) is 10.2. The first-order valence-corrected chi connectivity index (χ1v) is 10.2. The number of carbonyl (C=O) groups is 2. The Bertz CT molecular complexity index is 787. The van der Waals surface area contributed by atoms with E-state index < -0.39 is 23.0 Å². The predicted molar refractivity (Wildman–Crippen MR) is 115 cm³/mol. The first kappa shape index (κ1) is 23.8. The molecule has 168 valence electrons. The molecule has 1 aromatic carbocycles. The van der Waals surface area contributed by atoms with Gasteiger partial charge in [-0.25, -0.2) is 4.79 Å². The average Bonchev–Trinajstić information content (AvgIpc) is 2.90. The number of hydrogen-bond donors (Lipinski definition) is 2. The van der Waals surface area contributed by atoms with Crippen LogP contribution in [0.2, 0.25) is 0 Å². The van der Waals surface area contributed by atoms with Crippen molar-refractivity contribution in [3.8, 4) is 5.75 Å². The smallest absolute Gasteiger partial charge is 0.413 e. The Kier molecular flexibility index (Phi) is 6.91. The van der Waals surface area contributed by atoms with Gasteiger partial charge in [-0.3, -0.25) is 20.5 Å². The molecule has 0 saturated carbocycles. The summed E-state index contributed by atoms with van der Waals surface area (Å²) >= 11 is 0. The summed E-state index contributed by atoms with van der Waals surface area (Å²) in [6.45, 7) is 12.9. The van der Waals surface area contributed by atoms with Gasteiger partial charge in [0.05, 0.1) is 19.4 Å². The van der Waals surface area contributed by atoms with Crippen LogP contribution in [0.4, 0.5) is 10.5 Å². The van der Waals surface area contributed by atoms with Crippen molar-refractivity contribution in [2.24, 2.45) is 0 Å². The van der Waals surface area contributed by atoms with E-state index in [0.29, 0.717) is 12.8 Å². The maximum absolute atomic E-state index is 13.4. The number of ether oxygens (including phenoxy) is 3. The van der Waals surface area contributed by atoms with Crippen molar-refractivity contribution in [2.75, 3.05) is 19.1 Å². The number of rotatable bonds is 6. The number of nitrogens with zero attached hydrogens (tertiary/aromatic N) is 1. The van der Waals surface area contributed by atoms with Gasteiger partial charge in [0, 0.05) is 0 Å². The molecule has 2 amide bonds. The van der Waals surface area contributed by atoms with Crippen molar-refractivity contribution < 1.29 is 23.8 Å². The zero-order chi connectivity index (χ0) is 22.7. The van der Waals surface area contributed by atoms with E-state index in [1.807, 2.05) is 26.0 Å². The number of amides is 2. The highest BCUT2D eigenvalue weighted by atomic mass is 16.6. The molecular weight excluding hydrogens is 386 g/mol. The van der Waals surface area contributed by atoms with Crippen LogP contribution < -0.4 is 15.6 Å². The van der Waals surface area contributed by atoms with Crippen molar-refractivity contribution in [3.63, 3.8) is 0 Å². The number of hydrogen-bond acceptors (Lipinski definition) is 6. The molecule has 30 heavy (non-hydrogen) atoms. The zero-order valence-corrected chi connectivity index (χ0v) is 19.3. The molecule has 1 fully saturated rings. The fourth-order valence-electron chi connectivity index (χ4n) is 3.66. The van der Waals surface area contributed by atoms with Crippen LogP contribution >= 0.6 is 0 Å². The second kappa shape index (κ2) is 8.71. The number of aryl methyl sites for hydroxylation is 1. The molecule has 2 rings (SSSR count). The minimum absolute atomic E-state index is 0.0855. The van der Waals surface area contributed by atoms with Crippen molar-refractivity contribution in [2.45, 2.75) is 78.2 Å². The Morgan fingerprint density at radius 3 is 2.47 bits per heavy atom. The molecule has 0 aromatic heterocycles. The quantitative estimate of drug-likeness (QED) is 0.675. The monoisotopic (exact) mass is 421 g/mol. The summed E-state index contributed by atoms with van der Waals surface area (Å²) in [4.78, 5) is 27.9. The van der Waals surface area contributed by atoms with Gasteiger partial charge in [-0.1, -0.05) is 13.3 Å². The number of hydrazine groups is 1. The van der Waals surface area contributed by atoms with E-state index in [0.717, 1.165) is 17.0 Å². The molecule has 0 radical (unpaired) electrons. The van der Waals surface area contributed by atoms with Crippen LogP contribution in [0, 0.1) is 6.92 Å². The lowest BCUT2D eigenvalue weighted by molar-refractivity contribution is -0.133. The van der Waals surface area contributed by atoms with Gasteiger partial charge in [-0.05, 0) is 71.7 Å². The molecule has 1 heterocycles. The highest BCUT2D eigenvalue weighted by Gasteiger charge is 2.59. The summed E-state index contributed by atoms with van der Waals surface area (Å²) in [7, 11) is 1.60. The Hall–Kier alpha value is -2.48. The van der Waals surface area contributed by atoms with Crippen LogP contribution in [0.1, 0.15) is 59.9 Å². The zero-order valence-electron chi connectivity index (χ0n) is 19.3. The normalized spacial score (nSPS) is 20.6. The summed E-state index contributed by atoms with van der Waals surface area (Å²) in [6.07, 6.45) is 0.549. The summed E-state index contributed by atoms with van der Waals surface area (Å²) < 4.78 is 16.7. The predicted octanol–water partition coefficient (Wildman–Crippen LogP) is 3.99. The van der Waals surface area contributed by atoms with Gasteiger partial charge in [0.15, 0.2) is 5.54 Å². The molecule has 0 unspecified atom stereocenters. The summed E-state index contributed by atoms with van der Waals surface area (Å²) in [5.41, 5.74) is 4.52. The molecule has 1 atom stereocenters. The Morgan fingerprint density at radius 2 is 1.93 bits per heavy atom. The fraction of sp³-hybridized carbons (Fsp3) is 0.636. The summed E-state index contributed by atoms with van der Waals surface area (Å²) in [5.74, 6) is 0.380. The van der Waals surface area contributed by atoms with E-state index in [1.54, 1.807) is 47.8 Å².